The topological polar surface area (TPSA) is 6.48 Å². The lowest BCUT2D eigenvalue weighted by Gasteiger charge is -2.59. The van der Waals surface area contributed by atoms with Crippen molar-refractivity contribution in [2.24, 2.45) is 11.8 Å². The Morgan fingerprint density at radius 2 is 1.34 bits per heavy atom. The van der Waals surface area contributed by atoms with E-state index in [1.807, 2.05) is 0 Å². The van der Waals surface area contributed by atoms with Crippen LogP contribution in [0.25, 0.3) is 0 Å². The summed E-state index contributed by atoms with van der Waals surface area (Å²) in [6.45, 7) is 34.5. The van der Waals surface area contributed by atoms with E-state index in [2.05, 4.69) is 79.0 Å². The van der Waals surface area contributed by atoms with Crippen LogP contribution in [0.3, 0.4) is 0 Å². The van der Waals surface area contributed by atoms with Crippen LogP contribution in [0, 0.1) is 11.8 Å². The van der Waals surface area contributed by atoms with Gasteiger partial charge in [-0.05, 0) is 52.4 Å². The van der Waals surface area contributed by atoms with Crippen LogP contribution in [0.4, 0.5) is 0 Å². The second-order valence-electron chi connectivity index (χ2n) is 10.7. The van der Waals surface area contributed by atoms with Gasteiger partial charge in [-0.15, -0.1) is 0 Å². The van der Waals surface area contributed by atoms with Crippen molar-refractivity contribution in [3.8, 4) is 0 Å². The summed E-state index contributed by atoms with van der Waals surface area (Å²) in [5, 5.41) is 0. The van der Waals surface area contributed by atoms with E-state index in [1.165, 1.54) is 74.2 Å². The lowest BCUT2D eigenvalue weighted by Crippen LogP contribution is -2.84. The van der Waals surface area contributed by atoms with Crippen molar-refractivity contribution in [2.45, 2.75) is 100 Å². The molecule has 2 aliphatic heterocycles. The monoisotopic (exact) mass is 410 g/mol. The molecule has 2 saturated heterocycles. The van der Waals surface area contributed by atoms with E-state index in [0.717, 1.165) is 6.04 Å². The number of nitrogens with zero attached hydrogens (tertiary/aromatic N) is 4. The Hall–Kier alpha value is -0.160. The molecule has 0 aromatic carbocycles. The minimum atomic E-state index is 0.100. The molecule has 0 N–H and O–H groups in total. The van der Waals surface area contributed by atoms with Crippen LogP contribution in [0.1, 0.15) is 82.1 Å². The molecule has 3 unspecified atom stereocenters. The molecular weight excluding hydrogens is 356 g/mol. The van der Waals surface area contributed by atoms with Gasteiger partial charge in [-0.1, -0.05) is 41.5 Å². The first kappa shape index (κ1) is 25.1. The summed E-state index contributed by atoms with van der Waals surface area (Å²) in [6.07, 6.45) is 2.56. The van der Waals surface area contributed by atoms with Gasteiger partial charge in [0.25, 0.3) is 0 Å². The standard InChI is InChI=1S/C25H54N4/c1-11-23-20-28(13-3,14-4)25(27(23)18-22(9)10)26(17-21(7)8)19-24(12-2)29(25,15-5)16-6/h21-24H,11-20H2,1-10H3/q+2. The molecule has 0 aromatic rings. The van der Waals surface area contributed by atoms with Gasteiger partial charge in [-0.3, -0.25) is 0 Å². The Morgan fingerprint density at radius 1 is 0.793 bits per heavy atom. The van der Waals surface area contributed by atoms with Gasteiger partial charge in [-0.25, -0.2) is 8.97 Å². The first-order chi connectivity index (χ1) is 13.7. The lowest BCUT2D eigenvalue weighted by molar-refractivity contribution is -1.18. The lowest BCUT2D eigenvalue weighted by atomic mass is 10.1. The van der Waals surface area contributed by atoms with Crippen LogP contribution < -0.4 is 0 Å². The molecule has 2 aliphatic rings. The smallest absolute Gasteiger partial charge is 0.242 e. The van der Waals surface area contributed by atoms with Crippen LogP contribution in [-0.4, -0.2) is 89.1 Å². The van der Waals surface area contributed by atoms with E-state index >= 15 is 0 Å². The minimum Gasteiger partial charge on any atom is -0.242 e. The molecule has 172 valence electrons. The SMILES string of the molecule is CCC1C[N+](CC)(CC)C2(N(CC(C)C)CC(CC)[N+]2(CC)CC)N1CC(C)C. The average molecular weight is 411 g/mol. The van der Waals surface area contributed by atoms with Gasteiger partial charge in [0, 0.05) is 13.1 Å². The molecule has 0 amide bonds. The largest absolute Gasteiger partial charge is 0.357 e. The van der Waals surface area contributed by atoms with E-state index < -0.39 is 0 Å². The molecule has 0 bridgehead atoms. The normalized spacial score (nSPS) is 32.3. The van der Waals surface area contributed by atoms with Crippen LogP contribution in [0.2, 0.25) is 0 Å². The Bertz CT molecular complexity index is 509. The highest BCUT2D eigenvalue weighted by atomic mass is 15.9. The van der Waals surface area contributed by atoms with E-state index in [1.54, 1.807) is 0 Å². The van der Waals surface area contributed by atoms with E-state index in [-0.39, 0.29) is 5.91 Å². The number of rotatable bonds is 10. The summed E-state index contributed by atoms with van der Waals surface area (Å²) >= 11 is 0. The van der Waals surface area contributed by atoms with Gasteiger partial charge in [-0.2, -0.15) is 9.80 Å². The number of likely N-dealkylation sites (N-methyl/N-ethyl adjacent to an activating group) is 2. The molecule has 4 heteroatoms. The highest BCUT2D eigenvalue weighted by molar-refractivity contribution is 4.95. The van der Waals surface area contributed by atoms with Crippen molar-refractivity contribution in [1.82, 2.24) is 9.80 Å². The molecule has 4 nitrogen and oxygen atoms in total. The molecule has 2 fully saturated rings. The third-order valence-electron chi connectivity index (χ3n) is 8.60. The van der Waals surface area contributed by atoms with Gasteiger partial charge >= 0.3 is 5.91 Å². The average Bonchev–Trinajstić information content (AvgIpc) is 3.13. The molecule has 29 heavy (non-hydrogen) atoms. The molecular formula is C25H54N4+2. The fraction of sp³-hybridized carbons (Fsp3) is 1.00. The van der Waals surface area contributed by atoms with E-state index in [4.69, 9.17) is 0 Å². The van der Waals surface area contributed by atoms with Crippen LogP contribution in [0.15, 0.2) is 0 Å². The maximum absolute atomic E-state index is 3.05. The van der Waals surface area contributed by atoms with Crippen molar-refractivity contribution in [3.05, 3.63) is 0 Å². The zero-order valence-corrected chi connectivity index (χ0v) is 21.7. The predicted octanol–water partition coefficient (Wildman–Crippen LogP) is 4.81. The van der Waals surface area contributed by atoms with Gasteiger partial charge in [0.05, 0.1) is 38.8 Å². The third-order valence-corrected chi connectivity index (χ3v) is 8.60. The summed E-state index contributed by atoms with van der Waals surface area (Å²) in [4.78, 5) is 6.06. The van der Waals surface area contributed by atoms with E-state index in [0.29, 0.717) is 17.9 Å². The van der Waals surface area contributed by atoms with Crippen molar-refractivity contribution in [1.29, 1.82) is 0 Å². The summed E-state index contributed by atoms with van der Waals surface area (Å²) < 4.78 is 2.52. The Morgan fingerprint density at radius 3 is 1.72 bits per heavy atom. The van der Waals surface area contributed by atoms with Gasteiger partial charge in [0.15, 0.2) is 0 Å². The van der Waals surface area contributed by atoms with Crippen LogP contribution in [0.5, 0.6) is 0 Å². The highest BCUT2D eigenvalue weighted by Crippen LogP contribution is 2.53. The molecule has 2 rings (SSSR count). The van der Waals surface area contributed by atoms with Gasteiger partial charge in [0.1, 0.15) is 12.6 Å². The highest BCUT2D eigenvalue weighted by Gasteiger charge is 2.79. The van der Waals surface area contributed by atoms with Crippen molar-refractivity contribution < 1.29 is 8.97 Å². The number of hydrogen-bond acceptors (Lipinski definition) is 2. The maximum Gasteiger partial charge on any atom is 0.357 e. The van der Waals surface area contributed by atoms with Crippen LogP contribution >= 0.6 is 0 Å². The third kappa shape index (κ3) is 3.50. The quantitative estimate of drug-likeness (QED) is 0.477. The Balaban J connectivity index is 2.87. The van der Waals surface area contributed by atoms with Crippen molar-refractivity contribution in [2.75, 3.05) is 52.4 Å². The first-order valence-electron chi connectivity index (χ1n) is 12.9. The minimum absolute atomic E-state index is 0.100. The zero-order valence-electron chi connectivity index (χ0n) is 21.7. The second-order valence-corrected chi connectivity index (χ2v) is 10.7. The summed E-state index contributed by atoms with van der Waals surface area (Å²) in [7, 11) is 0. The molecule has 0 radical (unpaired) electrons. The van der Waals surface area contributed by atoms with Crippen LogP contribution in [-0.2, 0) is 0 Å². The van der Waals surface area contributed by atoms with E-state index in [9.17, 15) is 0 Å². The molecule has 0 saturated carbocycles. The molecule has 3 atom stereocenters. The molecule has 0 aromatic heterocycles. The fourth-order valence-corrected chi connectivity index (χ4v) is 7.56. The number of quaternary nitrogens is 2. The maximum atomic E-state index is 3.05. The van der Waals surface area contributed by atoms with Crippen molar-refractivity contribution in [3.63, 3.8) is 0 Å². The molecule has 2 heterocycles. The Labute approximate surface area is 183 Å². The Kier molecular flexibility index (Phi) is 8.26. The second kappa shape index (κ2) is 9.54. The zero-order chi connectivity index (χ0) is 22.0. The number of hydrogen-bond donors (Lipinski definition) is 0. The molecule has 0 aliphatic carbocycles. The first-order valence-corrected chi connectivity index (χ1v) is 12.9. The van der Waals surface area contributed by atoms with Crippen molar-refractivity contribution >= 4 is 0 Å². The summed E-state index contributed by atoms with van der Waals surface area (Å²) in [5.41, 5.74) is 0. The summed E-state index contributed by atoms with van der Waals surface area (Å²) in [5.74, 6) is 1.50. The summed E-state index contributed by atoms with van der Waals surface area (Å²) in [6, 6.07) is 1.43. The molecule has 1 spiro atoms. The van der Waals surface area contributed by atoms with Gasteiger partial charge in [0.2, 0.25) is 0 Å². The fourth-order valence-electron chi connectivity index (χ4n) is 7.56. The predicted molar refractivity (Wildman–Crippen MR) is 126 cm³/mol. The van der Waals surface area contributed by atoms with Gasteiger partial charge < -0.3 is 0 Å².